The van der Waals surface area contributed by atoms with Crippen LogP contribution in [0.4, 0.5) is 0 Å². The molecule has 0 spiro atoms. The zero-order valence-corrected chi connectivity index (χ0v) is 13.2. The summed E-state index contributed by atoms with van der Waals surface area (Å²) in [4.78, 5) is 6.91. The van der Waals surface area contributed by atoms with E-state index in [-0.39, 0.29) is 6.04 Å². The first-order chi connectivity index (χ1) is 10.1. The molecule has 1 aromatic heterocycles. The van der Waals surface area contributed by atoms with Gasteiger partial charge < -0.3 is 5.73 Å². The molecule has 3 heteroatoms. The van der Waals surface area contributed by atoms with Crippen molar-refractivity contribution >= 4 is 0 Å². The molecule has 0 amide bonds. The second kappa shape index (κ2) is 7.34. The van der Waals surface area contributed by atoms with E-state index in [4.69, 9.17) is 5.73 Å². The lowest BCUT2D eigenvalue weighted by Crippen LogP contribution is -2.32. The van der Waals surface area contributed by atoms with Gasteiger partial charge in [0, 0.05) is 24.8 Å². The molecule has 0 aliphatic rings. The SMILES string of the molecule is CCN(Cc1cccc(C)n1)CC(N)c1ccc(C)cc1. The summed E-state index contributed by atoms with van der Waals surface area (Å²) in [7, 11) is 0. The van der Waals surface area contributed by atoms with Gasteiger partial charge in [0.1, 0.15) is 0 Å². The number of benzene rings is 1. The fourth-order valence-corrected chi connectivity index (χ4v) is 2.42. The summed E-state index contributed by atoms with van der Waals surface area (Å²) < 4.78 is 0. The Hall–Kier alpha value is -1.71. The first-order valence-corrected chi connectivity index (χ1v) is 7.55. The van der Waals surface area contributed by atoms with Crippen LogP contribution in [0.5, 0.6) is 0 Å². The van der Waals surface area contributed by atoms with E-state index < -0.39 is 0 Å². The molecule has 2 rings (SSSR count). The van der Waals surface area contributed by atoms with E-state index in [1.165, 1.54) is 11.1 Å². The van der Waals surface area contributed by atoms with Crippen LogP contribution in [0.15, 0.2) is 42.5 Å². The number of rotatable bonds is 6. The molecule has 0 fully saturated rings. The van der Waals surface area contributed by atoms with Crippen molar-refractivity contribution in [2.75, 3.05) is 13.1 Å². The maximum absolute atomic E-state index is 6.34. The Morgan fingerprint density at radius 1 is 1.10 bits per heavy atom. The Labute approximate surface area is 127 Å². The number of nitrogens with zero attached hydrogens (tertiary/aromatic N) is 2. The van der Waals surface area contributed by atoms with Crippen LogP contribution in [0.25, 0.3) is 0 Å². The molecule has 2 aromatic rings. The zero-order valence-electron chi connectivity index (χ0n) is 13.2. The maximum Gasteiger partial charge on any atom is 0.0547 e. The van der Waals surface area contributed by atoms with Gasteiger partial charge in [0.15, 0.2) is 0 Å². The van der Waals surface area contributed by atoms with Crippen LogP contribution in [0.3, 0.4) is 0 Å². The summed E-state index contributed by atoms with van der Waals surface area (Å²) in [6.45, 7) is 8.94. The number of aromatic nitrogens is 1. The third-order valence-corrected chi connectivity index (χ3v) is 3.74. The predicted octanol–water partition coefficient (Wildman–Crippen LogP) is 3.22. The first kappa shape index (κ1) is 15.7. The van der Waals surface area contributed by atoms with Gasteiger partial charge in [-0.05, 0) is 38.1 Å². The summed E-state index contributed by atoms with van der Waals surface area (Å²) in [6, 6.07) is 14.7. The van der Waals surface area contributed by atoms with Gasteiger partial charge in [0.05, 0.1) is 5.69 Å². The second-order valence-electron chi connectivity index (χ2n) is 5.62. The van der Waals surface area contributed by atoms with Crippen molar-refractivity contribution in [3.05, 3.63) is 65.0 Å². The number of likely N-dealkylation sites (N-methyl/N-ethyl adjacent to an activating group) is 1. The monoisotopic (exact) mass is 283 g/mol. The lowest BCUT2D eigenvalue weighted by Gasteiger charge is -2.24. The maximum atomic E-state index is 6.34. The molecular weight excluding hydrogens is 258 g/mol. The summed E-state index contributed by atoms with van der Waals surface area (Å²) in [5, 5.41) is 0. The Bertz CT molecular complexity index is 563. The van der Waals surface area contributed by atoms with Crippen LogP contribution in [-0.2, 0) is 6.54 Å². The molecule has 0 aliphatic carbocycles. The molecule has 1 atom stereocenters. The average Bonchev–Trinajstić information content (AvgIpc) is 2.47. The zero-order chi connectivity index (χ0) is 15.2. The number of hydrogen-bond donors (Lipinski definition) is 1. The summed E-state index contributed by atoms with van der Waals surface area (Å²) in [5.41, 5.74) is 11.0. The smallest absolute Gasteiger partial charge is 0.0547 e. The minimum absolute atomic E-state index is 0.0374. The van der Waals surface area contributed by atoms with Gasteiger partial charge in [-0.25, -0.2) is 0 Å². The third kappa shape index (κ3) is 4.66. The van der Waals surface area contributed by atoms with E-state index in [1.54, 1.807) is 0 Å². The van der Waals surface area contributed by atoms with Crippen molar-refractivity contribution in [2.45, 2.75) is 33.4 Å². The van der Waals surface area contributed by atoms with E-state index in [1.807, 2.05) is 13.0 Å². The predicted molar refractivity (Wildman–Crippen MR) is 88.0 cm³/mol. The van der Waals surface area contributed by atoms with E-state index >= 15 is 0 Å². The minimum Gasteiger partial charge on any atom is -0.323 e. The van der Waals surface area contributed by atoms with Crippen molar-refractivity contribution < 1.29 is 0 Å². The molecule has 112 valence electrons. The Morgan fingerprint density at radius 3 is 2.43 bits per heavy atom. The van der Waals surface area contributed by atoms with Gasteiger partial charge in [-0.15, -0.1) is 0 Å². The van der Waals surface area contributed by atoms with Crippen LogP contribution >= 0.6 is 0 Å². The fourth-order valence-electron chi connectivity index (χ4n) is 2.42. The van der Waals surface area contributed by atoms with Crippen molar-refractivity contribution in [2.24, 2.45) is 5.73 Å². The fraction of sp³-hybridized carbons (Fsp3) is 0.389. The number of pyridine rings is 1. The Kier molecular flexibility index (Phi) is 5.48. The lowest BCUT2D eigenvalue weighted by molar-refractivity contribution is 0.259. The Balaban J connectivity index is 2.00. The molecule has 0 aliphatic heterocycles. The van der Waals surface area contributed by atoms with Crippen molar-refractivity contribution in [3.63, 3.8) is 0 Å². The third-order valence-electron chi connectivity index (χ3n) is 3.74. The topological polar surface area (TPSA) is 42.2 Å². The van der Waals surface area contributed by atoms with Crippen LogP contribution in [0.1, 0.15) is 35.5 Å². The highest BCUT2D eigenvalue weighted by atomic mass is 15.1. The molecule has 21 heavy (non-hydrogen) atoms. The van der Waals surface area contributed by atoms with Crippen LogP contribution < -0.4 is 5.73 Å². The van der Waals surface area contributed by atoms with E-state index in [9.17, 15) is 0 Å². The van der Waals surface area contributed by atoms with Gasteiger partial charge >= 0.3 is 0 Å². The van der Waals surface area contributed by atoms with E-state index in [0.717, 1.165) is 31.0 Å². The molecule has 1 aromatic carbocycles. The molecule has 2 N–H and O–H groups in total. The summed E-state index contributed by atoms with van der Waals surface area (Å²) >= 11 is 0. The molecule has 0 bridgehead atoms. The quantitative estimate of drug-likeness (QED) is 0.885. The van der Waals surface area contributed by atoms with Crippen LogP contribution in [0.2, 0.25) is 0 Å². The van der Waals surface area contributed by atoms with Crippen LogP contribution in [-0.4, -0.2) is 23.0 Å². The van der Waals surface area contributed by atoms with E-state index in [0.29, 0.717) is 0 Å². The molecule has 3 nitrogen and oxygen atoms in total. The lowest BCUT2D eigenvalue weighted by atomic mass is 10.1. The van der Waals surface area contributed by atoms with Crippen LogP contribution in [0, 0.1) is 13.8 Å². The van der Waals surface area contributed by atoms with Gasteiger partial charge in [-0.1, -0.05) is 42.8 Å². The molecular formula is C18H25N3. The molecule has 0 saturated carbocycles. The molecule has 0 radical (unpaired) electrons. The highest BCUT2D eigenvalue weighted by Crippen LogP contribution is 2.14. The molecule has 1 unspecified atom stereocenters. The largest absolute Gasteiger partial charge is 0.323 e. The highest BCUT2D eigenvalue weighted by molar-refractivity contribution is 5.24. The minimum atomic E-state index is 0.0374. The van der Waals surface area contributed by atoms with Crippen molar-refractivity contribution in [3.8, 4) is 0 Å². The average molecular weight is 283 g/mol. The summed E-state index contributed by atoms with van der Waals surface area (Å²) in [6.07, 6.45) is 0. The number of nitrogens with two attached hydrogens (primary N) is 1. The summed E-state index contributed by atoms with van der Waals surface area (Å²) in [5.74, 6) is 0. The van der Waals surface area contributed by atoms with Gasteiger partial charge in [0.2, 0.25) is 0 Å². The van der Waals surface area contributed by atoms with Gasteiger partial charge in [0.25, 0.3) is 0 Å². The molecule has 1 heterocycles. The molecule has 0 saturated heterocycles. The number of aryl methyl sites for hydroxylation is 2. The standard InChI is InChI=1S/C18H25N3/c1-4-21(12-17-7-5-6-15(3)20-17)13-18(19)16-10-8-14(2)9-11-16/h5-11,18H,4,12-13,19H2,1-3H3. The number of hydrogen-bond acceptors (Lipinski definition) is 3. The normalized spacial score (nSPS) is 12.6. The van der Waals surface area contributed by atoms with Gasteiger partial charge in [-0.3, -0.25) is 9.88 Å². The van der Waals surface area contributed by atoms with E-state index in [2.05, 4.69) is 60.1 Å². The first-order valence-electron chi connectivity index (χ1n) is 7.55. The second-order valence-corrected chi connectivity index (χ2v) is 5.62. The highest BCUT2D eigenvalue weighted by Gasteiger charge is 2.12. The van der Waals surface area contributed by atoms with Crippen molar-refractivity contribution in [1.82, 2.24) is 9.88 Å². The van der Waals surface area contributed by atoms with Crippen molar-refractivity contribution in [1.29, 1.82) is 0 Å². The Morgan fingerprint density at radius 2 is 1.81 bits per heavy atom. The van der Waals surface area contributed by atoms with Gasteiger partial charge in [-0.2, -0.15) is 0 Å².